The van der Waals surface area contributed by atoms with Crippen LogP contribution >= 0.6 is 0 Å². The van der Waals surface area contributed by atoms with Gasteiger partial charge in [0.25, 0.3) is 5.91 Å². The third kappa shape index (κ3) is 7.08. The number of nitrogens with zero attached hydrogens (tertiary/aromatic N) is 1. The van der Waals surface area contributed by atoms with Gasteiger partial charge in [-0.25, -0.2) is 8.42 Å². The van der Waals surface area contributed by atoms with Crippen LogP contribution in [0, 0.1) is 0 Å². The molecule has 1 N–H and O–H groups in total. The van der Waals surface area contributed by atoms with Crippen LogP contribution in [-0.2, 0) is 10.0 Å². The fourth-order valence-corrected chi connectivity index (χ4v) is 4.85. The molecule has 2 aromatic rings. The van der Waals surface area contributed by atoms with Crippen LogP contribution in [0.4, 0.5) is 5.69 Å². The molecule has 0 unspecified atom stereocenters. The fourth-order valence-electron chi connectivity index (χ4n) is 3.22. The van der Waals surface area contributed by atoms with Crippen LogP contribution < -0.4 is 10.1 Å². The number of hydrogen-bond acceptors (Lipinski definition) is 4. The van der Waals surface area contributed by atoms with E-state index in [0.717, 1.165) is 32.1 Å². The van der Waals surface area contributed by atoms with Gasteiger partial charge in [0.15, 0.2) is 0 Å². The van der Waals surface area contributed by atoms with Crippen molar-refractivity contribution in [3.63, 3.8) is 0 Å². The molecule has 7 heteroatoms. The SMILES string of the molecule is CCCCCOc1ccccc1C(=O)Nc1ccc(S(=O)(=O)N(CCC)CCC)cc1. The Labute approximate surface area is 186 Å². The summed E-state index contributed by atoms with van der Waals surface area (Å²) in [5, 5.41) is 2.83. The van der Waals surface area contributed by atoms with E-state index in [1.807, 2.05) is 19.9 Å². The van der Waals surface area contributed by atoms with E-state index in [1.54, 1.807) is 30.3 Å². The molecule has 6 nitrogen and oxygen atoms in total. The molecule has 0 spiro atoms. The molecule has 0 fully saturated rings. The van der Waals surface area contributed by atoms with E-state index in [0.29, 0.717) is 36.7 Å². The fraction of sp³-hybridized carbons (Fsp3) is 0.458. The Hall–Kier alpha value is -2.38. The van der Waals surface area contributed by atoms with Gasteiger partial charge in [0, 0.05) is 18.8 Å². The predicted molar refractivity (Wildman–Crippen MR) is 125 cm³/mol. The summed E-state index contributed by atoms with van der Waals surface area (Å²) in [5.74, 6) is 0.255. The smallest absolute Gasteiger partial charge is 0.259 e. The summed E-state index contributed by atoms with van der Waals surface area (Å²) in [7, 11) is -3.54. The van der Waals surface area contributed by atoms with E-state index in [9.17, 15) is 13.2 Å². The highest BCUT2D eigenvalue weighted by Gasteiger charge is 2.23. The van der Waals surface area contributed by atoms with Crippen LogP contribution in [0.15, 0.2) is 53.4 Å². The van der Waals surface area contributed by atoms with Crippen molar-refractivity contribution in [2.75, 3.05) is 25.0 Å². The molecule has 31 heavy (non-hydrogen) atoms. The maximum atomic E-state index is 12.9. The third-order valence-electron chi connectivity index (χ3n) is 4.83. The Bertz CT molecular complexity index is 921. The molecule has 0 aliphatic rings. The van der Waals surface area contributed by atoms with Gasteiger partial charge in [-0.05, 0) is 55.7 Å². The first kappa shape index (κ1) is 24.9. The van der Waals surface area contributed by atoms with Crippen molar-refractivity contribution in [2.24, 2.45) is 0 Å². The van der Waals surface area contributed by atoms with Gasteiger partial charge >= 0.3 is 0 Å². The lowest BCUT2D eigenvalue weighted by Crippen LogP contribution is -2.32. The predicted octanol–water partition coefficient (Wildman–Crippen LogP) is 5.32. The van der Waals surface area contributed by atoms with E-state index in [-0.39, 0.29) is 10.8 Å². The lowest BCUT2D eigenvalue weighted by Gasteiger charge is -2.21. The number of sulfonamides is 1. The quantitative estimate of drug-likeness (QED) is 0.423. The molecular formula is C24H34N2O4S. The van der Waals surface area contributed by atoms with Crippen molar-refractivity contribution in [2.45, 2.75) is 57.8 Å². The highest BCUT2D eigenvalue weighted by atomic mass is 32.2. The van der Waals surface area contributed by atoms with E-state index < -0.39 is 10.0 Å². The van der Waals surface area contributed by atoms with E-state index in [4.69, 9.17) is 4.74 Å². The zero-order valence-electron chi connectivity index (χ0n) is 18.8. The van der Waals surface area contributed by atoms with Gasteiger partial charge in [-0.3, -0.25) is 4.79 Å². The van der Waals surface area contributed by atoms with Gasteiger partial charge in [-0.2, -0.15) is 4.31 Å². The molecule has 0 bridgehead atoms. The van der Waals surface area contributed by atoms with Crippen LogP contribution in [0.1, 0.15) is 63.2 Å². The standard InChI is InChI=1S/C24H34N2O4S/c1-4-7-10-19-30-23-12-9-8-11-22(23)24(27)25-20-13-15-21(16-14-20)31(28,29)26(17-5-2)18-6-3/h8-9,11-16H,4-7,10,17-19H2,1-3H3,(H,25,27). The molecule has 0 aromatic heterocycles. The highest BCUT2D eigenvalue weighted by molar-refractivity contribution is 7.89. The number of amides is 1. The van der Waals surface area contributed by atoms with Crippen LogP contribution in [0.2, 0.25) is 0 Å². The minimum Gasteiger partial charge on any atom is -0.493 e. The Balaban J connectivity index is 2.10. The van der Waals surface area contributed by atoms with Crippen LogP contribution in [0.3, 0.4) is 0 Å². The van der Waals surface area contributed by atoms with Crippen molar-refractivity contribution >= 4 is 21.6 Å². The molecule has 0 radical (unpaired) electrons. The molecule has 0 heterocycles. The summed E-state index contributed by atoms with van der Waals surface area (Å²) in [6.45, 7) is 7.59. The molecule has 0 saturated carbocycles. The summed E-state index contributed by atoms with van der Waals surface area (Å²) in [6, 6.07) is 13.4. The topological polar surface area (TPSA) is 75.7 Å². The van der Waals surface area contributed by atoms with Gasteiger partial charge in [0.1, 0.15) is 5.75 Å². The van der Waals surface area contributed by atoms with Crippen LogP contribution in [0.25, 0.3) is 0 Å². The summed E-state index contributed by atoms with van der Waals surface area (Å²) in [6.07, 6.45) is 4.64. The number of hydrogen-bond donors (Lipinski definition) is 1. The number of para-hydroxylation sites is 1. The molecule has 2 aromatic carbocycles. The van der Waals surface area contributed by atoms with Crippen LogP contribution in [-0.4, -0.2) is 38.3 Å². The van der Waals surface area contributed by atoms with E-state index in [1.165, 1.54) is 16.4 Å². The first-order chi connectivity index (χ1) is 14.9. The zero-order chi connectivity index (χ0) is 22.7. The number of carbonyl (C=O) groups excluding carboxylic acids is 1. The Kier molecular flexibility index (Phi) is 10.0. The van der Waals surface area contributed by atoms with Gasteiger partial charge < -0.3 is 10.1 Å². The maximum absolute atomic E-state index is 12.9. The Morgan fingerprint density at radius 1 is 0.903 bits per heavy atom. The second-order valence-electron chi connectivity index (χ2n) is 7.43. The van der Waals surface area contributed by atoms with Crippen molar-refractivity contribution in [1.82, 2.24) is 4.31 Å². The number of ether oxygens (including phenoxy) is 1. The number of benzene rings is 2. The molecule has 2 rings (SSSR count). The van der Waals surface area contributed by atoms with Crippen LogP contribution in [0.5, 0.6) is 5.75 Å². The Morgan fingerprint density at radius 3 is 2.16 bits per heavy atom. The first-order valence-corrected chi connectivity index (χ1v) is 12.5. The molecular weight excluding hydrogens is 412 g/mol. The third-order valence-corrected chi connectivity index (χ3v) is 6.75. The monoisotopic (exact) mass is 446 g/mol. The summed E-state index contributed by atoms with van der Waals surface area (Å²) in [4.78, 5) is 13.0. The summed E-state index contributed by atoms with van der Waals surface area (Å²) < 4.78 is 33.1. The molecule has 0 aliphatic carbocycles. The molecule has 170 valence electrons. The number of nitrogens with one attached hydrogen (secondary N) is 1. The second kappa shape index (κ2) is 12.5. The summed E-state index contributed by atoms with van der Waals surface area (Å²) >= 11 is 0. The minimum atomic E-state index is -3.54. The molecule has 1 amide bonds. The lowest BCUT2D eigenvalue weighted by atomic mass is 10.2. The minimum absolute atomic E-state index is 0.229. The highest BCUT2D eigenvalue weighted by Crippen LogP contribution is 2.22. The van der Waals surface area contributed by atoms with Crippen molar-refractivity contribution in [3.8, 4) is 5.75 Å². The summed E-state index contributed by atoms with van der Waals surface area (Å²) in [5.41, 5.74) is 0.982. The van der Waals surface area contributed by atoms with Crippen molar-refractivity contribution in [3.05, 3.63) is 54.1 Å². The number of anilines is 1. The number of unbranched alkanes of at least 4 members (excludes halogenated alkanes) is 2. The van der Waals surface area contributed by atoms with Crippen molar-refractivity contribution in [1.29, 1.82) is 0 Å². The van der Waals surface area contributed by atoms with E-state index in [2.05, 4.69) is 12.2 Å². The van der Waals surface area contributed by atoms with Gasteiger partial charge in [0.05, 0.1) is 17.1 Å². The number of carbonyl (C=O) groups is 1. The van der Waals surface area contributed by atoms with Gasteiger partial charge in [-0.15, -0.1) is 0 Å². The van der Waals surface area contributed by atoms with Gasteiger partial charge in [-0.1, -0.05) is 45.7 Å². The molecule has 0 aliphatic heterocycles. The molecule has 0 atom stereocenters. The molecule has 0 saturated heterocycles. The Morgan fingerprint density at radius 2 is 1.55 bits per heavy atom. The van der Waals surface area contributed by atoms with E-state index >= 15 is 0 Å². The largest absolute Gasteiger partial charge is 0.493 e. The number of rotatable bonds is 13. The lowest BCUT2D eigenvalue weighted by molar-refractivity contribution is 0.102. The first-order valence-electron chi connectivity index (χ1n) is 11.1. The maximum Gasteiger partial charge on any atom is 0.259 e. The van der Waals surface area contributed by atoms with Crippen molar-refractivity contribution < 1.29 is 17.9 Å². The average molecular weight is 447 g/mol. The zero-order valence-corrected chi connectivity index (χ0v) is 19.6. The second-order valence-corrected chi connectivity index (χ2v) is 9.37. The normalized spacial score (nSPS) is 11.5. The average Bonchev–Trinajstić information content (AvgIpc) is 2.77. The van der Waals surface area contributed by atoms with Gasteiger partial charge in [0.2, 0.25) is 10.0 Å².